The lowest BCUT2D eigenvalue weighted by Crippen LogP contribution is -2.31. The van der Waals surface area contributed by atoms with Crippen molar-refractivity contribution in [1.29, 1.82) is 0 Å². The number of aliphatic hydroxyl groups is 2. The third kappa shape index (κ3) is 5.51. The zero-order chi connectivity index (χ0) is 24.1. The highest BCUT2D eigenvalue weighted by Gasteiger charge is 2.52. The molecule has 0 radical (unpaired) electrons. The number of hydrogen-bond acceptors (Lipinski definition) is 7. The summed E-state index contributed by atoms with van der Waals surface area (Å²) in [6, 6.07) is 10.3. The van der Waals surface area contributed by atoms with E-state index in [9.17, 15) is 15.0 Å². The topological polar surface area (TPSA) is 112 Å². The second-order valence-electron chi connectivity index (χ2n) is 9.55. The molecule has 1 fully saturated rings. The summed E-state index contributed by atoms with van der Waals surface area (Å²) in [4.78, 5) is 14.2. The number of nitrogens with one attached hydrogen (secondary N) is 1. The second kappa shape index (κ2) is 10.7. The predicted octanol–water partition coefficient (Wildman–Crippen LogP) is 4.05. The number of Topliss-reactive ketones (excluding diaryl/α,β-unsaturated/α-hetero) is 1. The molecule has 0 saturated heterocycles. The number of benzene rings is 1. The highest BCUT2D eigenvalue weighted by molar-refractivity contribution is 7.19. The number of aryl methyl sites for hydroxylation is 1. The van der Waals surface area contributed by atoms with E-state index < -0.39 is 17.6 Å². The lowest BCUT2D eigenvalue weighted by atomic mass is 9.86. The van der Waals surface area contributed by atoms with E-state index in [1.54, 1.807) is 17.4 Å². The Morgan fingerprint density at radius 2 is 2.09 bits per heavy atom. The van der Waals surface area contributed by atoms with Crippen molar-refractivity contribution < 1.29 is 15.0 Å². The summed E-state index contributed by atoms with van der Waals surface area (Å²) in [6.07, 6.45) is 9.85. The summed E-state index contributed by atoms with van der Waals surface area (Å²) >= 11 is 1.68. The number of unbranched alkanes of at least 4 members (excludes halogenated alkanes) is 1. The Kier molecular flexibility index (Phi) is 7.70. The zero-order valence-corrected chi connectivity index (χ0v) is 20.4. The fourth-order valence-electron chi connectivity index (χ4n) is 4.70. The highest BCUT2D eigenvalue weighted by atomic mass is 32.1. The van der Waals surface area contributed by atoms with Crippen LogP contribution in [-0.2, 0) is 17.6 Å². The first-order chi connectivity index (χ1) is 16.4. The first-order valence-electron chi connectivity index (χ1n) is 11.8. The number of H-pyrrole nitrogens is 1. The van der Waals surface area contributed by atoms with Crippen molar-refractivity contribution in [3.63, 3.8) is 0 Å². The van der Waals surface area contributed by atoms with E-state index in [1.807, 2.05) is 38.1 Å². The number of ketones is 1. The van der Waals surface area contributed by atoms with Crippen LogP contribution in [0.15, 0.2) is 54.6 Å². The molecule has 8 heteroatoms. The van der Waals surface area contributed by atoms with Crippen LogP contribution in [0.25, 0.3) is 10.1 Å². The van der Waals surface area contributed by atoms with Crippen LogP contribution in [0.5, 0.6) is 0 Å². The van der Waals surface area contributed by atoms with Gasteiger partial charge >= 0.3 is 0 Å². The number of hydrogen-bond donors (Lipinski definition) is 3. The summed E-state index contributed by atoms with van der Waals surface area (Å²) in [7, 11) is 0. The van der Waals surface area contributed by atoms with Gasteiger partial charge in [-0.15, -0.1) is 21.5 Å². The minimum Gasteiger partial charge on any atom is -0.391 e. The number of allylic oxidation sites excluding steroid dienone is 2. The van der Waals surface area contributed by atoms with E-state index in [0.29, 0.717) is 18.7 Å². The smallest absolute Gasteiger partial charge is 0.174 e. The molecule has 1 saturated carbocycles. The molecule has 3 N–H and O–H groups in total. The molecular weight excluding hydrogens is 448 g/mol. The van der Waals surface area contributed by atoms with E-state index in [4.69, 9.17) is 0 Å². The number of aliphatic hydroxyl groups excluding tert-OH is 2. The van der Waals surface area contributed by atoms with Gasteiger partial charge in [0.15, 0.2) is 5.82 Å². The largest absolute Gasteiger partial charge is 0.391 e. The van der Waals surface area contributed by atoms with Crippen LogP contribution in [-0.4, -0.2) is 48.8 Å². The van der Waals surface area contributed by atoms with Gasteiger partial charge < -0.3 is 10.2 Å². The molecule has 0 bridgehead atoms. The molecule has 1 aliphatic carbocycles. The van der Waals surface area contributed by atoms with E-state index in [1.165, 1.54) is 10.1 Å². The predicted molar refractivity (Wildman–Crippen MR) is 133 cm³/mol. The maximum Gasteiger partial charge on any atom is 0.174 e. The molecule has 3 aromatic rings. The highest BCUT2D eigenvalue weighted by Crippen LogP contribution is 2.44. The van der Waals surface area contributed by atoms with Gasteiger partial charge in [-0.3, -0.25) is 4.79 Å². The molecule has 4 atom stereocenters. The quantitative estimate of drug-likeness (QED) is 0.298. The monoisotopic (exact) mass is 480 g/mol. The standard InChI is InChI=1S/C26H32N4O3S/c1-26(2)24(32)20(10-5-3-4-6-12-23-27-29-30-28-23)21(25(26)33)14-13-18(31)16-19-15-17-9-7-8-11-22(17)34-19/h3,5,7-9,11,13-15,18,20-21,25,31,33H,4,6,10,12,16H2,1-2H3,(H,27,28,29,30)/b5-3-,14-13?/t18?,20-,21-,25+/m1/s1. The number of tetrazole rings is 1. The molecule has 0 aliphatic heterocycles. The molecule has 1 unspecified atom stereocenters. The molecule has 0 spiro atoms. The molecule has 1 aromatic carbocycles. The fraction of sp³-hybridized carbons (Fsp3) is 0.462. The Hall–Kier alpha value is -2.68. The zero-order valence-electron chi connectivity index (χ0n) is 19.6. The Labute approximate surface area is 203 Å². The van der Waals surface area contributed by atoms with Crippen LogP contribution < -0.4 is 0 Å². The van der Waals surface area contributed by atoms with Crippen LogP contribution in [0.1, 0.15) is 43.8 Å². The molecular formula is C26H32N4O3S. The first-order valence-corrected chi connectivity index (χ1v) is 12.6. The van der Waals surface area contributed by atoms with Crippen molar-refractivity contribution in [2.45, 2.75) is 58.2 Å². The third-order valence-electron chi connectivity index (χ3n) is 6.70. The summed E-state index contributed by atoms with van der Waals surface area (Å²) in [5.74, 6) is 0.156. The van der Waals surface area contributed by atoms with Crippen LogP contribution in [0.4, 0.5) is 0 Å². The number of aromatic nitrogens is 4. The number of carbonyl (C=O) groups is 1. The normalized spacial score (nSPS) is 23.5. The number of aromatic amines is 1. The van der Waals surface area contributed by atoms with Crippen molar-refractivity contribution >= 4 is 27.2 Å². The number of carbonyl (C=O) groups excluding carboxylic acids is 1. The van der Waals surface area contributed by atoms with Crippen LogP contribution >= 0.6 is 11.3 Å². The van der Waals surface area contributed by atoms with Crippen molar-refractivity contribution in [1.82, 2.24) is 20.6 Å². The molecule has 2 heterocycles. The first kappa shape index (κ1) is 24.4. The second-order valence-corrected chi connectivity index (χ2v) is 10.7. The maximum atomic E-state index is 13.0. The van der Waals surface area contributed by atoms with Crippen molar-refractivity contribution in [3.8, 4) is 0 Å². The van der Waals surface area contributed by atoms with Crippen molar-refractivity contribution in [2.24, 2.45) is 17.3 Å². The number of nitrogens with zero attached hydrogens (tertiary/aromatic N) is 3. The molecule has 34 heavy (non-hydrogen) atoms. The van der Waals surface area contributed by atoms with Gasteiger partial charge in [-0.05, 0) is 36.8 Å². The summed E-state index contributed by atoms with van der Waals surface area (Å²) in [5.41, 5.74) is -0.803. The summed E-state index contributed by atoms with van der Waals surface area (Å²) < 4.78 is 1.20. The Balaban J connectivity index is 1.35. The van der Waals surface area contributed by atoms with Gasteiger partial charge in [0.05, 0.1) is 17.6 Å². The molecule has 7 nitrogen and oxygen atoms in total. The van der Waals surface area contributed by atoms with E-state index in [0.717, 1.165) is 24.1 Å². The summed E-state index contributed by atoms with van der Waals surface area (Å²) in [5, 5.41) is 36.6. The van der Waals surface area contributed by atoms with E-state index in [-0.39, 0.29) is 17.6 Å². The SMILES string of the molecule is CC1(C)C(=O)[C@H](C/C=C\CCCc2nn[nH]n2)[C@@H](C=CC(O)Cc2cc3ccccc3s2)[C@@H]1O. The van der Waals surface area contributed by atoms with Gasteiger partial charge in [0.1, 0.15) is 5.78 Å². The van der Waals surface area contributed by atoms with Crippen LogP contribution in [0.2, 0.25) is 0 Å². The Morgan fingerprint density at radius 3 is 2.85 bits per heavy atom. The molecule has 2 aromatic heterocycles. The van der Waals surface area contributed by atoms with E-state index >= 15 is 0 Å². The number of thiophene rings is 1. The number of fused-ring (bicyclic) bond motifs is 1. The molecule has 4 rings (SSSR count). The lowest BCUT2D eigenvalue weighted by molar-refractivity contribution is -0.129. The van der Waals surface area contributed by atoms with Gasteiger partial charge in [0.25, 0.3) is 0 Å². The Morgan fingerprint density at radius 1 is 1.26 bits per heavy atom. The Bertz CT molecular complexity index is 1120. The fourth-order valence-corrected chi connectivity index (χ4v) is 5.81. The van der Waals surface area contributed by atoms with Crippen molar-refractivity contribution in [2.75, 3.05) is 0 Å². The maximum absolute atomic E-state index is 13.0. The van der Waals surface area contributed by atoms with Gasteiger partial charge in [-0.25, -0.2) is 0 Å². The van der Waals surface area contributed by atoms with Crippen molar-refractivity contribution in [3.05, 3.63) is 65.3 Å². The minimum atomic E-state index is -0.803. The molecule has 1 aliphatic rings. The van der Waals surface area contributed by atoms with Gasteiger partial charge in [0, 0.05) is 34.3 Å². The lowest BCUT2D eigenvalue weighted by Gasteiger charge is -2.22. The molecule has 0 amide bonds. The third-order valence-corrected chi connectivity index (χ3v) is 7.84. The number of rotatable bonds is 10. The van der Waals surface area contributed by atoms with E-state index in [2.05, 4.69) is 44.9 Å². The minimum absolute atomic E-state index is 0.0742. The molecule has 180 valence electrons. The van der Waals surface area contributed by atoms with Gasteiger partial charge in [-0.1, -0.05) is 61.6 Å². The summed E-state index contributed by atoms with van der Waals surface area (Å²) in [6.45, 7) is 3.62. The van der Waals surface area contributed by atoms with Crippen LogP contribution in [0.3, 0.4) is 0 Å². The van der Waals surface area contributed by atoms with Gasteiger partial charge in [0.2, 0.25) is 0 Å². The average Bonchev–Trinajstić information content (AvgIpc) is 3.51. The van der Waals surface area contributed by atoms with Crippen LogP contribution in [0, 0.1) is 17.3 Å². The van der Waals surface area contributed by atoms with Gasteiger partial charge in [-0.2, -0.15) is 5.21 Å². The average molecular weight is 481 g/mol.